The molecule has 2 heterocycles. The van der Waals surface area contributed by atoms with Crippen molar-refractivity contribution in [3.8, 4) is 11.3 Å². The molecular formula is C29H32N2O5. The number of methoxy groups -OCH3 is 1. The van der Waals surface area contributed by atoms with Crippen LogP contribution in [0.3, 0.4) is 0 Å². The Hall–Kier alpha value is -3.71. The van der Waals surface area contributed by atoms with Crippen LogP contribution in [0.5, 0.6) is 0 Å². The van der Waals surface area contributed by atoms with E-state index < -0.39 is 23.3 Å². The number of ether oxygens (including phenoxy) is 2. The van der Waals surface area contributed by atoms with Crippen LogP contribution in [0.4, 0.5) is 4.79 Å². The molecule has 0 saturated carbocycles. The number of carbonyl (C=O) groups is 2. The van der Waals surface area contributed by atoms with Crippen LogP contribution >= 0.6 is 0 Å². The summed E-state index contributed by atoms with van der Waals surface area (Å²) in [6, 6.07) is 20.8. The van der Waals surface area contributed by atoms with E-state index in [2.05, 4.69) is 4.98 Å². The Labute approximate surface area is 211 Å². The molecule has 0 spiro atoms. The van der Waals surface area contributed by atoms with Gasteiger partial charge in [0.2, 0.25) is 0 Å². The molecule has 2 atom stereocenters. The molecule has 3 aromatic rings. The molecule has 7 nitrogen and oxygen atoms in total. The number of aromatic nitrogens is 1. The standard InChI is InChI=1S/C29H32N2O5/c1-20(21-10-12-22(13-11-21)25-15-14-23(18-30-25)26(32)35-4)31-17-16-29(36-27(31)33,19-28(2,3)34)24-8-6-5-7-9-24/h5-15,18,20,34H,16-17,19H2,1-4H3. The van der Waals surface area contributed by atoms with Crippen LogP contribution < -0.4 is 0 Å². The molecule has 0 radical (unpaired) electrons. The van der Waals surface area contributed by atoms with Crippen LogP contribution in [0.25, 0.3) is 11.3 Å². The third kappa shape index (κ3) is 5.41. The molecule has 1 N–H and O–H groups in total. The van der Waals surface area contributed by atoms with Gasteiger partial charge in [0.1, 0.15) is 5.60 Å². The quantitative estimate of drug-likeness (QED) is 0.442. The molecule has 188 valence electrons. The SMILES string of the molecule is COC(=O)c1ccc(-c2ccc(C(C)N3CCC(CC(C)(C)O)(c4ccccc4)OC3=O)cc2)nc1. The predicted octanol–water partition coefficient (Wildman–Crippen LogP) is 5.50. The van der Waals surface area contributed by atoms with Gasteiger partial charge in [0.15, 0.2) is 0 Å². The van der Waals surface area contributed by atoms with Crippen LogP contribution in [-0.2, 0) is 15.1 Å². The van der Waals surface area contributed by atoms with Crippen molar-refractivity contribution in [2.45, 2.75) is 50.9 Å². The molecule has 1 aliphatic heterocycles. The lowest BCUT2D eigenvalue weighted by Crippen LogP contribution is -2.51. The fraction of sp³-hybridized carbons (Fsp3) is 0.345. The van der Waals surface area contributed by atoms with Crippen molar-refractivity contribution in [1.29, 1.82) is 0 Å². The number of cyclic esters (lactones) is 1. The van der Waals surface area contributed by atoms with Gasteiger partial charge in [-0.3, -0.25) is 4.98 Å². The fourth-order valence-electron chi connectivity index (χ4n) is 4.81. The Balaban J connectivity index is 1.50. The van der Waals surface area contributed by atoms with Crippen molar-refractivity contribution in [3.05, 3.63) is 89.6 Å². The first-order valence-corrected chi connectivity index (χ1v) is 12.0. The van der Waals surface area contributed by atoms with Crippen molar-refractivity contribution in [1.82, 2.24) is 9.88 Å². The molecule has 0 bridgehead atoms. The highest BCUT2D eigenvalue weighted by Crippen LogP contribution is 2.42. The number of benzene rings is 2. The molecule has 2 unspecified atom stereocenters. The first kappa shape index (κ1) is 25.4. The number of nitrogens with zero attached hydrogens (tertiary/aromatic N) is 2. The topological polar surface area (TPSA) is 89.0 Å². The maximum absolute atomic E-state index is 13.3. The summed E-state index contributed by atoms with van der Waals surface area (Å²) in [6.07, 6.45) is 1.99. The first-order chi connectivity index (χ1) is 17.1. The van der Waals surface area contributed by atoms with Crippen molar-refractivity contribution in [2.75, 3.05) is 13.7 Å². The molecule has 1 aromatic heterocycles. The molecule has 36 heavy (non-hydrogen) atoms. The summed E-state index contributed by atoms with van der Waals surface area (Å²) < 4.78 is 10.8. The lowest BCUT2D eigenvalue weighted by Gasteiger charge is -2.45. The van der Waals surface area contributed by atoms with E-state index in [0.29, 0.717) is 24.9 Å². The van der Waals surface area contributed by atoms with Gasteiger partial charge in [-0.05, 0) is 44.0 Å². The number of amides is 1. The monoisotopic (exact) mass is 488 g/mol. The number of esters is 1. The number of hydrogen-bond donors (Lipinski definition) is 1. The third-order valence-electron chi connectivity index (χ3n) is 6.63. The molecule has 2 aromatic carbocycles. The zero-order valence-electron chi connectivity index (χ0n) is 21.1. The van der Waals surface area contributed by atoms with Crippen molar-refractivity contribution >= 4 is 12.1 Å². The van der Waals surface area contributed by atoms with E-state index in [-0.39, 0.29) is 6.04 Å². The van der Waals surface area contributed by atoms with Gasteiger partial charge in [-0.25, -0.2) is 9.59 Å². The molecule has 1 amide bonds. The predicted molar refractivity (Wildman–Crippen MR) is 136 cm³/mol. The first-order valence-electron chi connectivity index (χ1n) is 12.0. The minimum Gasteiger partial charge on any atom is -0.465 e. The Morgan fingerprint density at radius 3 is 2.39 bits per heavy atom. The minimum absolute atomic E-state index is 0.197. The average Bonchev–Trinajstić information content (AvgIpc) is 2.88. The second-order valence-electron chi connectivity index (χ2n) is 9.88. The largest absolute Gasteiger partial charge is 0.465 e. The highest BCUT2D eigenvalue weighted by molar-refractivity contribution is 5.89. The lowest BCUT2D eigenvalue weighted by atomic mass is 9.80. The second kappa shape index (κ2) is 10.1. The number of carbonyl (C=O) groups excluding carboxylic acids is 2. The van der Waals surface area contributed by atoms with Gasteiger partial charge in [-0.1, -0.05) is 54.6 Å². The van der Waals surface area contributed by atoms with E-state index in [9.17, 15) is 14.7 Å². The minimum atomic E-state index is -0.997. The average molecular weight is 489 g/mol. The van der Waals surface area contributed by atoms with Crippen LogP contribution in [0.15, 0.2) is 72.9 Å². The normalized spacial score (nSPS) is 18.9. The van der Waals surface area contributed by atoms with Gasteiger partial charge in [-0.2, -0.15) is 0 Å². The third-order valence-corrected chi connectivity index (χ3v) is 6.63. The molecule has 1 saturated heterocycles. The Bertz CT molecular complexity index is 1200. The van der Waals surface area contributed by atoms with Crippen molar-refractivity contribution in [3.63, 3.8) is 0 Å². The van der Waals surface area contributed by atoms with Gasteiger partial charge in [0.05, 0.1) is 30.0 Å². The van der Waals surface area contributed by atoms with Crippen LogP contribution in [-0.4, -0.2) is 46.3 Å². The summed E-state index contributed by atoms with van der Waals surface area (Å²) >= 11 is 0. The maximum Gasteiger partial charge on any atom is 0.411 e. The second-order valence-corrected chi connectivity index (χ2v) is 9.88. The van der Waals surface area contributed by atoms with E-state index in [1.54, 1.807) is 30.9 Å². The Morgan fingerprint density at radius 2 is 1.83 bits per heavy atom. The summed E-state index contributed by atoms with van der Waals surface area (Å²) in [7, 11) is 1.34. The van der Waals surface area contributed by atoms with Gasteiger partial charge in [0.25, 0.3) is 0 Å². The molecular weight excluding hydrogens is 456 g/mol. The highest BCUT2D eigenvalue weighted by Gasteiger charge is 2.46. The molecule has 0 aliphatic carbocycles. The number of pyridine rings is 1. The molecule has 1 aliphatic rings. The summed E-state index contributed by atoms with van der Waals surface area (Å²) in [5, 5.41) is 10.6. The van der Waals surface area contributed by atoms with Gasteiger partial charge in [0, 0.05) is 31.1 Å². The van der Waals surface area contributed by atoms with Gasteiger partial charge >= 0.3 is 12.1 Å². The van der Waals surface area contributed by atoms with Crippen LogP contribution in [0, 0.1) is 0 Å². The molecule has 7 heteroatoms. The van der Waals surface area contributed by atoms with Crippen LogP contribution in [0.1, 0.15) is 61.1 Å². The van der Waals surface area contributed by atoms with E-state index in [1.807, 2.05) is 61.5 Å². The van der Waals surface area contributed by atoms with E-state index in [4.69, 9.17) is 9.47 Å². The van der Waals surface area contributed by atoms with Crippen LogP contribution in [0.2, 0.25) is 0 Å². The number of aliphatic hydroxyl groups is 1. The summed E-state index contributed by atoms with van der Waals surface area (Å²) in [4.78, 5) is 31.0. The summed E-state index contributed by atoms with van der Waals surface area (Å²) in [5.41, 5.74) is 2.02. The zero-order chi connectivity index (χ0) is 25.9. The van der Waals surface area contributed by atoms with Crippen molar-refractivity contribution in [2.24, 2.45) is 0 Å². The van der Waals surface area contributed by atoms with Crippen molar-refractivity contribution < 1.29 is 24.2 Å². The smallest absolute Gasteiger partial charge is 0.411 e. The lowest BCUT2D eigenvalue weighted by molar-refractivity contribution is -0.101. The van der Waals surface area contributed by atoms with E-state index in [0.717, 1.165) is 22.4 Å². The summed E-state index contributed by atoms with van der Waals surface area (Å²) in [6.45, 7) is 5.95. The number of hydrogen-bond acceptors (Lipinski definition) is 6. The molecule has 1 fully saturated rings. The Kier molecular flexibility index (Phi) is 7.13. The van der Waals surface area contributed by atoms with Gasteiger partial charge < -0.3 is 19.5 Å². The fourth-order valence-corrected chi connectivity index (χ4v) is 4.81. The number of rotatable bonds is 7. The van der Waals surface area contributed by atoms with Gasteiger partial charge in [-0.15, -0.1) is 0 Å². The summed E-state index contributed by atoms with van der Waals surface area (Å²) in [5.74, 6) is -0.425. The van der Waals surface area contributed by atoms with E-state index >= 15 is 0 Å². The Morgan fingerprint density at radius 1 is 1.14 bits per heavy atom. The van der Waals surface area contributed by atoms with E-state index in [1.165, 1.54) is 13.3 Å². The molecule has 4 rings (SSSR count). The highest BCUT2D eigenvalue weighted by atomic mass is 16.6. The maximum atomic E-state index is 13.3. The zero-order valence-corrected chi connectivity index (χ0v) is 21.1.